The zero-order chi connectivity index (χ0) is 20.0. The van der Waals surface area contributed by atoms with Crippen LogP contribution in [0.3, 0.4) is 0 Å². The van der Waals surface area contributed by atoms with Gasteiger partial charge in [-0.05, 0) is 80.6 Å². The van der Waals surface area contributed by atoms with Crippen LogP contribution < -0.4 is 21.7 Å². The van der Waals surface area contributed by atoms with E-state index in [1.807, 2.05) is 45.2 Å². The van der Waals surface area contributed by atoms with Gasteiger partial charge in [-0.1, -0.05) is 12.1 Å². The van der Waals surface area contributed by atoms with Crippen molar-refractivity contribution in [2.75, 3.05) is 0 Å². The van der Waals surface area contributed by atoms with E-state index in [2.05, 4.69) is 0 Å². The maximum Gasteiger partial charge on any atom is 2.00 e. The molecule has 0 fully saturated rings. The Kier molecular flexibility index (Phi) is 12.1. The van der Waals surface area contributed by atoms with E-state index in [1.54, 1.807) is 0 Å². The van der Waals surface area contributed by atoms with Crippen molar-refractivity contribution in [2.45, 2.75) is 12.1 Å². The minimum Gasteiger partial charge on any atom is -0.548 e. The van der Waals surface area contributed by atoms with Gasteiger partial charge in [-0.25, -0.2) is 0 Å². The van der Waals surface area contributed by atoms with Crippen LogP contribution in [0.5, 0.6) is 11.5 Å². The van der Waals surface area contributed by atoms with E-state index in [0.717, 1.165) is 0 Å². The Morgan fingerprint density at radius 3 is 1.33 bits per heavy atom. The van der Waals surface area contributed by atoms with Gasteiger partial charge in [-0.15, -0.1) is 0 Å². The van der Waals surface area contributed by atoms with Crippen molar-refractivity contribution in [1.29, 1.82) is 0 Å². The number of nitrogens with two attached hydrogens (primary N) is 2. The SMILES string of the molecule is N[C@H](C(=O)[O-])c1ccc(O)c(I)c1.N[C@H](C(=O)[O-])c1ccc(O)c(I)c1.[Ca+2]. The van der Waals surface area contributed by atoms with E-state index in [9.17, 15) is 19.8 Å². The molecular weight excluding hydrogens is 610 g/mol. The van der Waals surface area contributed by atoms with Gasteiger partial charge < -0.3 is 41.5 Å². The fourth-order valence-electron chi connectivity index (χ4n) is 1.71. The zero-order valence-corrected chi connectivity index (χ0v) is 20.3. The second-order valence-corrected chi connectivity index (χ2v) is 7.34. The number of aromatic hydroxyl groups is 2. The molecule has 2 aromatic carbocycles. The summed E-state index contributed by atoms with van der Waals surface area (Å²) in [6.07, 6.45) is 0. The first-order valence-corrected chi connectivity index (χ1v) is 9.10. The molecule has 27 heavy (non-hydrogen) atoms. The number of carboxylic acid groups (broad SMARTS) is 2. The number of hydrogen-bond donors (Lipinski definition) is 4. The van der Waals surface area contributed by atoms with Crippen molar-refractivity contribution < 1.29 is 30.0 Å². The smallest absolute Gasteiger partial charge is 0.548 e. The predicted molar refractivity (Wildman–Crippen MR) is 111 cm³/mol. The maximum absolute atomic E-state index is 10.4. The van der Waals surface area contributed by atoms with Gasteiger partial charge in [0.1, 0.15) is 11.5 Å². The van der Waals surface area contributed by atoms with E-state index >= 15 is 0 Å². The quantitative estimate of drug-likeness (QED) is 0.251. The third-order valence-corrected chi connectivity index (χ3v) is 4.90. The average Bonchev–Trinajstić information content (AvgIpc) is 2.58. The van der Waals surface area contributed by atoms with Gasteiger partial charge in [-0.3, -0.25) is 0 Å². The van der Waals surface area contributed by atoms with E-state index in [1.165, 1.54) is 36.4 Å². The monoisotopic (exact) mass is 624 g/mol. The largest absolute Gasteiger partial charge is 2.00 e. The number of aliphatic carboxylic acids is 2. The van der Waals surface area contributed by atoms with Crippen molar-refractivity contribution >= 4 is 94.9 Å². The average molecular weight is 624 g/mol. The van der Waals surface area contributed by atoms with Crippen molar-refractivity contribution in [3.8, 4) is 11.5 Å². The first kappa shape index (κ1) is 26.6. The predicted octanol–water partition coefficient (Wildman–Crippen LogP) is -0.888. The van der Waals surface area contributed by atoms with Crippen molar-refractivity contribution in [3.63, 3.8) is 0 Å². The molecule has 0 saturated carbocycles. The van der Waals surface area contributed by atoms with Crippen LogP contribution in [0.15, 0.2) is 36.4 Å². The topological polar surface area (TPSA) is 173 Å². The summed E-state index contributed by atoms with van der Waals surface area (Å²) in [7, 11) is 0. The number of carbonyl (C=O) groups is 2. The molecule has 0 bridgehead atoms. The van der Waals surface area contributed by atoms with Crippen molar-refractivity contribution in [2.24, 2.45) is 11.5 Å². The molecule has 0 spiro atoms. The molecule has 0 aliphatic rings. The number of rotatable bonds is 4. The zero-order valence-electron chi connectivity index (χ0n) is 13.8. The summed E-state index contributed by atoms with van der Waals surface area (Å²) in [5.41, 5.74) is 11.5. The molecule has 0 unspecified atom stereocenters. The molecule has 0 aliphatic carbocycles. The first-order chi connectivity index (χ1) is 12.0. The van der Waals surface area contributed by atoms with Gasteiger partial charge in [0.25, 0.3) is 0 Å². The van der Waals surface area contributed by atoms with Gasteiger partial charge in [0, 0.05) is 0 Å². The molecule has 2 rings (SSSR count). The second kappa shape index (κ2) is 12.2. The Labute approximate surface area is 212 Å². The first-order valence-electron chi connectivity index (χ1n) is 6.94. The van der Waals surface area contributed by atoms with Crippen LogP contribution in [0.25, 0.3) is 0 Å². The van der Waals surface area contributed by atoms with Gasteiger partial charge in [-0.2, -0.15) is 0 Å². The maximum atomic E-state index is 10.4. The molecule has 2 aromatic rings. The Hall–Kier alpha value is -0.380. The van der Waals surface area contributed by atoms with Crippen molar-refractivity contribution in [1.82, 2.24) is 0 Å². The van der Waals surface area contributed by atoms with Crippen molar-refractivity contribution in [3.05, 3.63) is 54.7 Å². The number of phenols is 2. The van der Waals surface area contributed by atoms with Crippen LogP contribution in [0.4, 0.5) is 0 Å². The summed E-state index contributed by atoms with van der Waals surface area (Å²) in [5.74, 6) is -2.45. The molecule has 140 valence electrons. The Bertz CT molecular complexity index is 754. The molecule has 0 saturated heterocycles. The van der Waals surface area contributed by atoms with E-state index in [0.29, 0.717) is 18.3 Å². The molecule has 0 amide bonds. The second-order valence-electron chi connectivity index (χ2n) is 5.02. The number of carboxylic acids is 2. The normalized spacial score (nSPS) is 12.0. The number of benzene rings is 2. The molecule has 0 aromatic heterocycles. The third-order valence-electron chi connectivity index (χ3n) is 3.17. The third kappa shape index (κ3) is 8.25. The van der Waals surface area contributed by atoms with Gasteiger partial charge in [0.2, 0.25) is 0 Å². The van der Waals surface area contributed by atoms with Crippen LogP contribution >= 0.6 is 45.2 Å². The molecule has 0 heterocycles. The number of hydrogen-bond acceptors (Lipinski definition) is 8. The van der Waals surface area contributed by atoms with Crippen LogP contribution in [0.1, 0.15) is 23.2 Å². The summed E-state index contributed by atoms with van der Waals surface area (Å²) >= 11 is 3.78. The van der Waals surface area contributed by atoms with Gasteiger partial charge >= 0.3 is 37.7 Å². The number of halogens is 2. The Morgan fingerprint density at radius 2 is 1.11 bits per heavy atom. The van der Waals surface area contributed by atoms with Crippen LogP contribution in [0, 0.1) is 7.14 Å². The van der Waals surface area contributed by atoms with Crippen LogP contribution in [0.2, 0.25) is 0 Å². The van der Waals surface area contributed by atoms with Gasteiger partial charge in [0.05, 0.1) is 31.2 Å². The Morgan fingerprint density at radius 1 is 0.815 bits per heavy atom. The molecule has 8 nitrogen and oxygen atoms in total. The summed E-state index contributed by atoms with van der Waals surface area (Å²) in [5, 5.41) is 39.1. The molecule has 0 radical (unpaired) electrons. The van der Waals surface area contributed by atoms with E-state index < -0.39 is 24.0 Å². The van der Waals surface area contributed by atoms with Crippen LogP contribution in [-0.4, -0.2) is 59.9 Å². The molecule has 6 N–H and O–H groups in total. The summed E-state index contributed by atoms with van der Waals surface area (Å²) < 4.78 is 1.12. The fraction of sp³-hybridized carbons (Fsp3) is 0.125. The summed E-state index contributed by atoms with van der Waals surface area (Å²) in [4.78, 5) is 20.8. The van der Waals surface area contributed by atoms with Crippen LogP contribution in [-0.2, 0) is 9.59 Å². The number of carbonyl (C=O) groups excluding carboxylic acids is 2. The molecule has 0 aliphatic heterocycles. The standard InChI is InChI=1S/2C8H8INO3.Ca/c2*9-5-3-4(1-2-6(5)11)7(10)8(12)13;/h2*1-3,7,11H,10H2,(H,12,13);/q;;+2/p-2/t2*7-;/m00./s1. The minimum absolute atomic E-state index is 0. The molecule has 11 heteroatoms. The van der Waals surface area contributed by atoms with E-state index in [-0.39, 0.29) is 49.2 Å². The fourth-order valence-corrected chi connectivity index (χ4v) is 2.78. The summed E-state index contributed by atoms with van der Waals surface area (Å²) in [6.45, 7) is 0. The molecular formula is C16H14CaI2N2O6. The number of phenolic OH excluding ortho intramolecular Hbond substituents is 2. The molecule has 2 atom stereocenters. The Balaban J connectivity index is 0.000000483. The minimum atomic E-state index is -1.33. The van der Waals surface area contributed by atoms with Gasteiger partial charge in [0.15, 0.2) is 0 Å². The van der Waals surface area contributed by atoms with E-state index in [4.69, 9.17) is 21.7 Å². The summed E-state index contributed by atoms with van der Waals surface area (Å²) in [6, 6.07) is 6.45.